The van der Waals surface area contributed by atoms with Crippen LogP contribution < -0.4 is 10.6 Å². The van der Waals surface area contributed by atoms with E-state index in [0.29, 0.717) is 17.7 Å². The molecule has 0 aromatic heterocycles. The smallest absolute Gasteiger partial charge is 0.251 e. The Morgan fingerprint density at radius 2 is 1.73 bits per heavy atom. The first-order chi connectivity index (χ1) is 10.1. The van der Waals surface area contributed by atoms with Crippen LogP contribution in [0.1, 0.15) is 29.8 Å². The second kappa shape index (κ2) is 7.40. The van der Waals surface area contributed by atoms with Crippen molar-refractivity contribution in [3.05, 3.63) is 29.3 Å². The van der Waals surface area contributed by atoms with Crippen LogP contribution in [0, 0.1) is 12.8 Å². The van der Waals surface area contributed by atoms with Crippen molar-refractivity contribution in [1.82, 2.24) is 10.6 Å². The van der Waals surface area contributed by atoms with E-state index >= 15 is 0 Å². The summed E-state index contributed by atoms with van der Waals surface area (Å²) >= 11 is 0. The van der Waals surface area contributed by atoms with E-state index in [9.17, 15) is 18.0 Å². The van der Waals surface area contributed by atoms with E-state index in [2.05, 4.69) is 10.6 Å². The number of carbonyl (C=O) groups excluding carboxylic acids is 2. The third kappa shape index (κ3) is 5.14. The molecular formula is C15H22N2O4S. The highest BCUT2D eigenvalue weighted by Gasteiger charge is 2.14. The number of aryl methyl sites for hydroxylation is 1. The lowest BCUT2D eigenvalue weighted by atomic mass is 10.1. The molecule has 6 nitrogen and oxygen atoms in total. The van der Waals surface area contributed by atoms with Crippen LogP contribution in [-0.4, -0.2) is 39.6 Å². The zero-order valence-electron chi connectivity index (χ0n) is 13.3. The molecule has 2 N–H and O–H groups in total. The zero-order valence-corrected chi connectivity index (χ0v) is 14.1. The van der Waals surface area contributed by atoms with Crippen LogP contribution >= 0.6 is 0 Å². The molecule has 0 radical (unpaired) electrons. The summed E-state index contributed by atoms with van der Waals surface area (Å²) < 4.78 is 23.1. The van der Waals surface area contributed by atoms with Gasteiger partial charge in [0, 0.05) is 30.8 Å². The Morgan fingerprint density at radius 3 is 2.27 bits per heavy atom. The van der Waals surface area contributed by atoms with E-state index in [-0.39, 0.29) is 29.2 Å². The maximum atomic E-state index is 12.1. The summed E-state index contributed by atoms with van der Waals surface area (Å²) in [6.45, 7) is 5.91. The monoisotopic (exact) mass is 326 g/mol. The van der Waals surface area contributed by atoms with Gasteiger partial charge in [0.1, 0.15) is 0 Å². The summed E-state index contributed by atoms with van der Waals surface area (Å²) in [5.41, 5.74) is 1.01. The van der Waals surface area contributed by atoms with Gasteiger partial charge in [0.05, 0.1) is 4.90 Å². The Hall–Kier alpha value is -1.89. The van der Waals surface area contributed by atoms with Gasteiger partial charge in [-0.25, -0.2) is 8.42 Å². The normalized spacial score (nSPS) is 11.3. The topological polar surface area (TPSA) is 92.3 Å². The predicted molar refractivity (Wildman–Crippen MR) is 84.5 cm³/mol. The SMILES string of the molecule is Cc1ccc(S(C)(=O)=O)cc1C(=O)NCCNC(=O)C(C)C. The van der Waals surface area contributed by atoms with Crippen LogP contribution in [0.25, 0.3) is 0 Å². The molecule has 0 spiro atoms. The first-order valence-electron chi connectivity index (χ1n) is 6.99. The highest BCUT2D eigenvalue weighted by Crippen LogP contribution is 2.15. The van der Waals surface area contributed by atoms with E-state index in [4.69, 9.17) is 0 Å². The number of amides is 2. The lowest BCUT2D eigenvalue weighted by Crippen LogP contribution is -2.36. The van der Waals surface area contributed by atoms with E-state index in [0.717, 1.165) is 6.26 Å². The van der Waals surface area contributed by atoms with Crippen LogP contribution in [-0.2, 0) is 14.6 Å². The van der Waals surface area contributed by atoms with Crippen molar-refractivity contribution in [1.29, 1.82) is 0 Å². The number of nitrogens with one attached hydrogen (secondary N) is 2. The maximum Gasteiger partial charge on any atom is 0.251 e. The van der Waals surface area contributed by atoms with E-state index < -0.39 is 9.84 Å². The zero-order chi connectivity index (χ0) is 16.9. The van der Waals surface area contributed by atoms with Crippen LogP contribution in [0.4, 0.5) is 0 Å². The first kappa shape index (κ1) is 18.2. The Kier molecular flexibility index (Phi) is 6.11. The maximum absolute atomic E-state index is 12.1. The molecule has 0 aliphatic heterocycles. The van der Waals surface area contributed by atoms with Gasteiger partial charge in [0.15, 0.2) is 9.84 Å². The molecule has 0 saturated heterocycles. The molecule has 122 valence electrons. The highest BCUT2D eigenvalue weighted by molar-refractivity contribution is 7.90. The van der Waals surface area contributed by atoms with Crippen molar-refractivity contribution in [3.63, 3.8) is 0 Å². The number of hydrogen-bond donors (Lipinski definition) is 2. The van der Waals surface area contributed by atoms with E-state index in [1.165, 1.54) is 12.1 Å². The molecule has 0 saturated carbocycles. The molecule has 0 unspecified atom stereocenters. The van der Waals surface area contributed by atoms with Gasteiger partial charge in [-0.2, -0.15) is 0 Å². The van der Waals surface area contributed by atoms with Gasteiger partial charge in [-0.3, -0.25) is 9.59 Å². The van der Waals surface area contributed by atoms with Gasteiger partial charge in [0.2, 0.25) is 5.91 Å². The van der Waals surface area contributed by atoms with Crippen molar-refractivity contribution in [2.75, 3.05) is 19.3 Å². The second-order valence-corrected chi connectivity index (χ2v) is 7.47. The predicted octanol–water partition coefficient (Wildman–Crippen LogP) is 0.901. The molecule has 1 aromatic carbocycles. The molecule has 0 atom stereocenters. The third-order valence-electron chi connectivity index (χ3n) is 3.12. The molecular weight excluding hydrogens is 304 g/mol. The molecule has 0 fully saturated rings. The molecule has 22 heavy (non-hydrogen) atoms. The molecule has 0 bridgehead atoms. The van der Waals surface area contributed by atoms with Crippen molar-refractivity contribution < 1.29 is 18.0 Å². The van der Waals surface area contributed by atoms with Gasteiger partial charge in [-0.15, -0.1) is 0 Å². The summed E-state index contributed by atoms with van der Waals surface area (Å²) in [5, 5.41) is 5.35. The number of rotatable bonds is 6. The number of carbonyl (C=O) groups is 2. The van der Waals surface area contributed by atoms with Crippen molar-refractivity contribution in [3.8, 4) is 0 Å². The first-order valence-corrected chi connectivity index (χ1v) is 8.88. The van der Waals surface area contributed by atoms with Crippen LogP contribution in [0.5, 0.6) is 0 Å². The number of hydrogen-bond acceptors (Lipinski definition) is 4. The van der Waals surface area contributed by atoms with E-state index in [1.54, 1.807) is 26.8 Å². The minimum atomic E-state index is -3.36. The minimum absolute atomic E-state index is 0.0792. The minimum Gasteiger partial charge on any atom is -0.354 e. The Balaban J connectivity index is 2.68. The van der Waals surface area contributed by atoms with Gasteiger partial charge in [0.25, 0.3) is 5.91 Å². The van der Waals surface area contributed by atoms with Gasteiger partial charge in [-0.05, 0) is 24.6 Å². The molecule has 1 aromatic rings. The molecule has 2 amide bonds. The Labute approximate surface area is 131 Å². The van der Waals surface area contributed by atoms with Crippen LogP contribution in [0.2, 0.25) is 0 Å². The fraction of sp³-hybridized carbons (Fsp3) is 0.467. The third-order valence-corrected chi connectivity index (χ3v) is 4.23. The molecule has 0 aliphatic carbocycles. The van der Waals surface area contributed by atoms with Gasteiger partial charge < -0.3 is 10.6 Å². The van der Waals surface area contributed by atoms with Crippen molar-refractivity contribution in [2.45, 2.75) is 25.7 Å². The quantitative estimate of drug-likeness (QED) is 0.760. The Bertz CT molecular complexity index is 666. The lowest BCUT2D eigenvalue weighted by molar-refractivity contribution is -0.123. The number of benzene rings is 1. The summed E-state index contributed by atoms with van der Waals surface area (Å²) in [5.74, 6) is -0.546. The highest BCUT2D eigenvalue weighted by atomic mass is 32.2. The number of sulfone groups is 1. The molecule has 1 rings (SSSR count). The summed E-state index contributed by atoms with van der Waals surface area (Å²) in [6.07, 6.45) is 1.10. The summed E-state index contributed by atoms with van der Waals surface area (Å²) in [7, 11) is -3.36. The fourth-order valence-electron chi connectivity index (χ4n) is 1.74. The fourth-order valence-corrected chi connectivity index (χ4v) is 2.38. The Morgan fingerprint density at radius 1 is 1.14 bits per heavy atom. The average molecular weight is 326 g/mol. The largest absolute Gasteiger partial charge is 0.354 e. The summed E-state index contributed by atoms with van der Waals surface area (Å²) in [4.78, 5) is 23.6. The van der Waals surface area contributed by atoms with Gasteiger partial charge >= 0.3 is 0 Å². The second-order valence-electron chi connectivity index (χ2n) is 5.45. The van der Waals surface area contributed by atoms with E-state index in [1.807, 2.05) is 0 Å². The molecule has 0 heterocycles. The van der Waals surface area contributed by atoms with Crippen LogP contribution in [0.3, 0.4) is 0 Å². The van der Waals surface area contributed by atoms with Crippen molar-refractivity contribution in [2.24, 2.45) is 5.92 Å². The van der Waals surface area contributed by atoms with Crippen molar-refractivity contribution >= 4 is 21.7 Å². The molecule has 0 aliphatic rings. The standard InChI is InChI=1S/C15H22N2O4S/c1-10(2)14(18)16-7-8-17-15(19)13-9-12(22(4,20)21)6-5-11(13)3/h5-6,9-10H,7-8H2,1-4H3,(H,16,18)(H,17,19). The summed E-state index contributed by atoms with van der Waals surface area (Å²) in [6, 6.07) is 4.45. The average Bonchev–Trinajstić information content (AvgIpc) is 2.42. The van der Waals surface area contributed by atoms with Crippen LogP contribution in [0.15, 0.2) is 23.1 Å². The lowest BCUT2D eigenvalue weighted by Gasteiger charge is -2.11. The van der Waals surface area contributed by atoms with Gasteiger partial charge in [-0.1, -0.05) is 19.9 Å². The molecule has 7 heteroatoms.